The molecule has 150 valence electrons. The third-order valence-electron chi connectivity index (χ3n) is 5.66. The van der Waals surface area contributed by atoms with E-state index in [1.807, 2.05) is 65.6 Å². The topological polar surface area (TPSA) is 49.0 Å². The summed E-state index contributed by atoms with van der Waals surface area (Å²) in [4.78, 5) is 25.5. The van der Waals surface area contributed by atoms with Crippen molar-refractivity contribution in [1.82, 2.24) is 14.9 Å². The monoisotopic (exact) mass is 413 g/mol. The molecule has 1 fully saturated rings. The minimum absolute atomic E-state index is 0.120. The Morgan fingerprint density at radius 3 is 2.27 bits per heavy atom. The number of carbonyl (C=O) groups excluding carboxylic acids is 1. The van der Waals surface area contributed by atoms with Crippen LogP contribution in [0.1, 0.15) is 34.9 Å². The zero-order valence-electron chi connectivity index (χ0n) is 16.6. The van der Waals surface area contributed by atoms with Crippen LogP contribution in [-0.2, 0) is 0 Å². The van der Waals surface area contributed by atoms with Crippen molar-refractivity contribution in [3.8, 4) is 0 Å². The maximum absolute atomic E-state index is 12.9. The number of nitrogens with one attached hydrogen (secondary N) is 1. The van der Waals surface area contributed by atoms with E-state index < -0.39 is 0 Å². The fourth-order valence-corrected chi connectivity index (χ4v) is 4.83. The van der Waals surface area contributed by atoms with Gasteiger partial charge in [-0.15, -0.1) is 0 Å². The summed E-state index contributed by atoms with van der Waals surface area (Å²) in [5.41, 5.74) is 2.86. The van der Waals surface area contributed by atoms with Crippen LogP contribution in [0.2, 0.25) is 0 Å². The molecule has 1 N–H and O–H groups in total. The molecule has 5 rings (SSSR count). The molecule has 0 saturated carbocycles. The molecule has 30 heavy (non-hydrogen) atoms. The molecule has 0 spiro atoms. The highest BCUT2D eigenvalue weighted by Crippen LogP contribution is 2.30. The number of benzene rings is 3. The first-order valence-corrected chi connectivity index (χ1v) is 11.1. The summed E-state index contributed by atoms with van der Waals surface area (Å²) in [6.45, 7) is 1.53. The number of carbonyl (C=O) groups is 1. The van der Waals surface area contributed by atoms with Gasteiger partial charge in [-0.3, -0.25) is 4.79 Å². The first-order valence-electron chi connectivity index (χ1n) is 10.3. The number of aromatic amines is 1. The summed E-state index contributed by atoms with van der Waals surface area (Å²) in [5.74, 6) is 1.55. The van der Waals surface area contributed by atoms with E-state index in [0.717, 1.165) is 53.2 Å². The summed E-state index contributed by atoms with van der Waals surface area (Å²) in [5, 5.41) is 0. The predicted molar refractivity (Wildman–Crippen MR) is 121 cm³/mol. The highest BCUT2D eigenvalue weighted by Gasteiger charge is 2.26. The van der Waals surface area contributed by atoms with E-state index >= 15 is 0 Å². The van der Waals surface area contributed by atoms with Gasteiger partial charge >= 0.3 is 0 Å². The Morgan fingerprint density at radius 1 is 0.867 bits per heavy atom. The minimum atomic E-state index is 0.120. The van der Waals surface area contributed by atoms with E-state index in [1.165, 1.54) is 4.90 Å². The summed E-state index contributed by atoms with van der Waals surface area (Å²) in [6, 6.07) is 26.4. The van der Waals surface area contributed by atoms with Crippen molar-refractivity contribution in [2.24, 2.45) is 0 Å². The van der Waals surface area contributed by atoms with E-state index in [9.17, 15) is 4.79 Å². The van der Waals surface area contributed by atoms with Crippen molar-refractivity contribution in [2.75, 3.05) is 13.1 Å². The van der Waals surface area contributed by atoms with E-state index in [1.54, 1.807) is 11.8 Å². The van der Waals surface area contributed by atoms with Crippen LogP contribution >= 0.6 is 11.8 Å². The second-order valence-electron chi connectivity index (χ2n) is 7.65. The average Bonchev–Trinajstić information content (AvgIpc) is 3.24. The number of amides is 1. The Kier molecular flexibility index (Phi) is 5.28. The first-order chi connectivity index (χ1) is 14.8. The first kappa shape index (κ1) is 18.9. The lowest BCUT2D eigenvalue weighted by molar-refractivity contribution is 0.0711. The zero-order chi connectivity index (χ0) is 20.3. The molecule has 5 heteroatoms. The molecule has 2 heterocycles. The molecular weight excluding hydrogens is 390 g/mol. The summed E-state index contributed by atoms with van der Waals surface area (Å²) in [7, 11) is 0. The molecule has 0 radical (unpaired) electrons. The normalized spacial score (nSPS) is 14.9. The largest absolute Gasteiger partial charge is 0.342 e. The van der Waals surface area contributed by atoms with Crippen LogP contribution in [0.3, 0.4) is 0 Å². The molecule has 4 aromatic rings. The molecule has 1 aliphatic heterocycles. The number of H-pyrrole nitrogens is 1. The standard InChI is InChI=1S/C25H23N3OS/c29-25(19-10-12-21(13-11-19)30-20-6-2-1-3-7-20)28-16-14-18(15-17-28)24-26-22-8-4-5-9-23(22)27-24/h1-13,18H,14-17H2,(H,26,27). The Balaban J connectivity index is 1.21. The van der Waals surface area contributed by atoms with Crippen LogP contribution in [0.25, 0.3) is 11.0 Å². The third-order valence-corrected chi connectivity index (χ3v) is 6.67. The van der Waals surface area contributed by atoms with E-state index in [2.05, 4.69) is 23.2 Å². The molecule has 1 amide bonds. The molecule has 3 aromatic carbocycles. The molecular formula is C25H23N3OS. The zero-order valence-corrected chi connectivity index (χ0v) is 17.4. The number of imidazole rings is 1. The summed E-state index contributed by atoms with van der Waals surface area (Å²) < 4.78 is 0. The van der Waals surface area contributed by atoms with Crippen LogP contribution in [0, 0.1) is 0 Å². The van der Waals surface area contributed by atoms with Gasteiger partial charge in [0.15, 0.2) is 0 Å². The average molecular weight is 414 g/mol. The predicted octanol–water partition coefficient (Wildman–Crippen LogP) is 5.73. The van der Waals surface area contributed by atoms with Gasteiger partial charge < -0.3 is 9.88 Å². The Morgan fingerprint density at radius 2 is 1.53 bits per heavy atom. The maximum Gasteiger partial charge on any atom is 0.253 e. The van der Waals surface area contributed by atoms with Gasteiger partial charge in [-0.25, -0.2) is 4.98 Å². The number of fused-ring (bicyclic) bond motifs is 1. The van der Waals surface area contributed by atoms with Gasteiger partial charge in [-0.05, 0) is 61.4 Å². The fourth-order valence-electron chi connectivity index (χ4n) is 3.99. The number of piperidine rings is 1. The number of para-hydroxylation sites is 2. The van der Waals surface area contributed by atoms with Crippen molar-refractivity contribution in [2.45, 2.75) is 28.6 Å². The number of aromatic nitrogens is 2. The Labute approximate surface area is 180 Å². The van der Waals surface area contributed by atoms with Gasteiger partial charge in [0, 0.05) is 34.4 Å². The van der Waals surface area contributed by atoms with Crippen LogP contribution in [0.15, 0.2) is 88.7 Å². The van der Waals surface area contributed by atoms with Crippen molar-refractivity contribution < 1.29 is 4.79 Å². The number of hydrogen-bond donors (Lipinski definition) is 1. The molecule has 0 atom stereocenters. The lowest BCUT2D eigenvalue weighted by Crippen LogP contribution is -2.38. The van der Waals surface area contributed by atoms with E-state index in [-0.39, 0.29) is 5.91 Å². The van der Waals surface area contributed by atoms with Crippen molar-refractivity contribution in [1.29, 1.82) is 0 Å². The summed E-state index contributed by atoms with van der Waals surface area (Å²) >= 11 is 1.71. The minimum Gasteiger partial charge on any atom is -0.342 e. The lowest BCUT2D eigenvalue weighted by Gasteiger charge is -2.31. The van der Waals surface area contributed by atoms with Gasteiger partial charge in [0.2, 0.25) is 0 Å². The van der Waals surface area contributed by atoms with Crippen LogP contribution in [-0.4, -0.2) is 33.9 Å². The van der Waals surface area contributed by atoms with Crippen molar-refractivity contribution in [3.05, 3.63) is 90.3 Å². The Bertz CT molecular complexity index is 1110. The smallest absolute Gasteiger partial charge is 0.253 e. The second kappa shape index (κ2) is 8.36. The quantitative estimate of drug-likeness (QED) is 0.464. The third kappa shape index (κ3) is 3.98. The number of hydrogen-bond acceptors (Lipinski definition) is 3. The highest BCUT2D eigenvalue weighted by molar-refractivity contribution is 7.99. The maximum atomic E-state index is 12.9. The second-order valence-corrected chi connectivity index (χ2v) is 8.79. The van der Waals surface area contributed by atoms with Gasteiger partial charge in [0.25, 0.3) is 5.91 Å². The number of nitrogens with zero attached hydrogens (tertiary/aromatic N) is 2. The highest BCUT2D eigenvalue weighted by atomic mass is 32.2. The van der Waals surface area contributed by atoms with Gasteiger partial charge in [-0.1, -0.05) is 42.1 Å². The summed E-state index contributed by atoms with van der Waals surface area (Å²) in [6.07, 6.45) is 1.88. The van der Waals surface area contributed by atoms with Crippen LogP contribution in [0.5, 0.6) is 0 Å². The molecule has 0 unspecified atom stereocenters. The van der Waals surface area contributed by atoms with Crippen molar-refractivity contribution >= 4 is 28.7 Å². The SMILES string of the molecule is O=C(c1ccc(Sc2ccccc2)cc1)N1CCC(c2nc3ccccc3[nH]2)CC1. The van der Waals surface area contributed by atoms with Crippen LogP contribution < -0.4 is 0 Å². The van der Waals surface area contributed by atoms with E-state index in [0.29, 0.717) is 5.92 Å². The fraction of sp³-hybridized carbons (Fsp3) is 0.200. The molecule has 0 aliphatic carbocycles. The van der Waals surface area contributed by atoms with Gasteiger partial charge in [0.05, 0.1) is 11.0 Å². The molecule has 0 bridgehead atoms. The number of likely N-dealkylation sites (tertiary alicyclic amines) is 1. The molecule has 1 aliphatic rings. The van der Waals surface area contributed by atoms with Gasteiger partial charge in [-0.2, -0.15) is 0 Å². The number of rotatable bonds is 4. The molecule has 4 nitrogen and oxygen atoms in total. The van der Waals surface area contributed by atoms with Crippen molar-refractivity contribution in [3.63, 3.8) is 0 Å². The molecule has 1 aromatic heterocycles. The van der Waals surface area contributed by atoms with Crippen LogP contribution in [0.4, 0.5) is 0 Å². The Hall–Kier alpha value is -3.05. The molecule has 1 saturated heterocycles. The lowest BCUT2D eigenvalue weighted by atomic mass is 9.95. The van der Waals surface area contributed by atoms with Gasteiger partial charge in [0.1, 0.15) is 5.82 Å². The van der Waals surface area contributed by atoms with E-state index in [4.69, 9.17) is 4.98 Å².